The fraction of sp³-hybridized carbons (Fsp3) is 0.0909. The zero-order valence-electron chi connectivity index (χ0n) is 9.11. The quantitative estimate of drug-likeness (QED) is 0.650. The molecule has 2 aromatic rings. The first kappa shape index (κ1) is 12.0. The summed E-state index contributed by atoms with van der Waals surface area (Å²) in [6, 6.07) is 4.87. The number of H-pyrrole nitrogens is 1. The molecule has 0 radical (unpaired) electrons. The summed E-state index contributed by atoms with van der Waals surface area (Å²) in [6.07, 6.45) is 1.69. The van der Waals surface area contributed by atoms with E-state index in [0.29, 0.717) is 6.07 Å². The number of hydrogen-bond acceptors (Lipinski definition) is 3. The van der Waals surface area contributed by atoms with Crippen LogP contribution in [-0.4, -0.2) is 9.91 Å². The lowest BCUT2D eigenvalue weighted by Crippen LogP contribution is -2.04. The topological polar surface area (TPSA) is 71.0 Å². The summed E-state index contributed by atoms with van der Waals surface area (Å²) >= 11 is 0. The fourth-order valence-electron chi connectivity index (χ4n) is 1.48. The minimum Gasteiger partial charge on any atom is -0.377 e. The molecule has 0 saturated heterocycles. The van der Waals surface area contributed by atoms with Crippen molar-refractivity contribution in [3.8, 4) is 0 Å². The second kappa shape index (κ2) is 4.82. The number of benzene rings is 1. The third-order valence-corrected chi connectivity index (χ3v) is 2.36. The van der Waals surface area contributed by atoms with Gasteiger partial charge in [0.05, 0.1) is 17.2 Å². The second-order valence-electron chi connectivity index (χ2n) is 3.59. The van der Waals surface area contributed by atoms with E-state index in [1.807, 2.05) is 0 Å². The molecular weight excluding hydrogens is 244 g/mol. The van der Waals surface area contributed by atoms with E-state index in [9.17, 15) is 18.9 Å². The molecule has 2 rings (SSSR count). The molecule has 0 aliphatic rings. The van der Waals surface area contributed by atoms with Gasteiger partial charge in [0.15, 0.2) is 0 Å². The summed E-state index contributed by atoms with van der Waals surface area (Å²) in [6.45, 7) is 0.257. The number of hydrogen-bond donors (Lipinski definition) is 2. The Morgan fingerprint density at radius 3 is 2.72 bits per heavy atom. The minimum absolute atomic E-state index is 0.113. The molecule has 0 unspecified atom stereocenters. The monoisotopic (exact) mass is 253 g/mol. The predicted molar refractivity (Wildman–Crippen MR) is 61.1 cm³/mol. The lowest BCUT2D eigenvalue weighted by molar-refractivity contribution is -0.387. The van der Waals surface area contributed by atoms with Gasteiger partial charge in [0, 0.05) is 24.0 Å². The first-order chi connectivity index (χ1) is 8.58. The highest BCUT2D eigenvalue weighted by molar-refractivity contribution is 5.53. The highest BCUT2D eigenvalue weighted by atomic mass is 19.1. The smallest absolute Gasteiger partial charge is 0.307 e. The molecule has 0 spiro atoms. The van der Waals surface area contributed by atoms with Crippen LogP contribution >= 0.6 is 0 Å². The van der Waals surface area contributed by atoms with Gasteiger partial charge in [-0.15, -0.1) is 0 Å². The average Bonchev–Trinajstić information content (AvgIpc) is 2.80. The molecule has 5 nitrogen and oxygen atoms in total. The molecule has 7 heteroatoms. The maximum Gasteiger partial charge on any atom is 0.307 e. The molecule has 18 heavy (non-hydrogen) atoms. The van der Waals surface area contributed by atoms with E-state index in [4.69, 9.17) is 0 Å². The molecule has 1 aromatic carbocycles. The number of aromatic amines is 1. The van der Waals surface area contributed by atoms with E-state index in [0.717, 1.165) is 11.8 Å². The van der Waals surface area contributed by atoms with Gasteiger partial charge in [-0.1, -0.05) is 0 Å². The molecule has 0 saturated carbocycles. The van der Waals surface area contributed by atoms with E-state index in [2.05, 4.69) is 10.3 Å². The van der Waals surface area contributed by atoms with Crippen LogP contribution in [0.15, 0.2) is 30.5 Å². The van der Waals surface area contributed by atoms with Crippen molar-refractivity contribution in [2.45, 2.75) is 6.54 Å². The summed E-state index contributed by atoms with van der Waals surface area (Å²) in [5.74, 6) is -2.06. The van der Waals surface area contributed by atoms with Gasteiger partial charge < -0.3 is 10.3 Å². The number of rotatable bonds is 4. The van der Waals surface area contributed by atoms with Crippen LogP contribution in [0.25, 0.3) is 0 Å². The highest BCUT2D eigenvalue weighted by Gasteiger charge is 2.18. The minimum atomic E-state index is -1.19. The fourth-order valence-corrected chi connectivity index (χ4v) is 1.48. The SMILES string of the molecule is O=[N+]([O-])c1cc(NCc2ccc[nH]2)c(F)cc1F. The Hall–Kier alpha value is -2.44. The molecule has 0 aliphatic carbocycles. The number of nitro groups is 1. The summed E-state index contributed by atoms with van der Waals surface area (Å²) in [5.41, 5.74) is -0.0931. The Kier molecular flexibility index (Phi) is 3.22. The van der Waals surface area contributed by atoms with E-state index in [1.165, 1.54) is 0 Å². The van der Waals surface area contributed by atoms with Crippen molar-refractivity contribution in [2.24, 2.45) is 0 Å². The molecule has 1 heterocycles. The summed E-state index contributed by atoms with van der Waals surface area (Å²) in [5, 5.41) is 13.2. The van der Waals surface area contributed by atoms with Gasteiger partial charge >= 0.3 is 5.69 Å². The van der Waals surface area contributed by atoms with Crippen molar-refractivity contribution in [2.75, 3.05) is 5.32 Å². The number of halogens is 2. The van der Waals surface area contributed by atoms with Crippen LogP contribution in [0.2, 0.25) is 0 Å². The van der Waals surface area contributed by atoms with Gasteiger partial charge in [0.1, 0.15) is 5.82 Å². The molecule has 94 valence electrons. The first-order valence-corrected chi connectivity index (χ1v) is 5.07. The van der Waals surface area contributed by atoms with Gasteiger partial charge in [-0.25, -0.2) is 4.39 Å². The molecule has 0 bridgehead atoms. The standard InChI is InChI=1S/C11H9F2N3O2/c12-8-4-9(13)11(16(17)18)5-10(8)15-6-7-2-1-3-14-7/h1-5,14-15H,6H2. The van der Waals surface area contributed by atoms with Crippen molar-refractivity contribution < 1.29 is 13.7 Å². The average molecular weight is 253 g/mol. The van der Waals surface area contributed by atoms with Gasteiger partial charge in [-0.2, -0.15) is 4.39 Å². The molecule has 2 N–H and O–H groups in total. The lowest BCUT2D eigenvalue weighted by atomic mass is 10.2. The van der Waals surface area contributed by atoms with Gasteiger partial charge in [0.2, 0.25) is 5.82 Å². The Morgan fingerprint density at radius 1 is 1.33 bits per heavy atom. The van der Waals surface area contributed by atoms with Crippen LogP contribution in [0.5, 0.6) is 0 Å². The van der Waals surface area contributed by atoms with Crippen LogP contribution in [0.3, 0.4) is 0 Å². The Labute approximate surface area is 101 Å². The predicted octanol–water partition coefficient (Wildman–Crippen LogP) is 2.81. The Balaban J connectivity index is 2.22. The number of nitrogens with one attached hydrogen (secondary N) is 2. The van der Waals surface area contributed by atoms with Gasteiger partial charge in [-0.05, 0) is 12.1 Å². The van der Waals surface area contributed by atoms with Crippen molar-refractivity contribution in [3.05, 3.63) is 57.9 Å². The summed E-state index contributed by atoms with van der Waals surface area (Å²) in [7, 11) is 0. The van der Waals surface area contributed by atoms with Crippen LogP contribution in [0.1, 0.15) is 5.69 Å². The lowest BCUT2D eigenvalue weighted by Gasteiger charge is -2.06. The number of nitro benzene ring substituents is 1. The molecule has 0 amide bonds. The largest absolute Gasteiger partial charge is 0.377 e. The van der Waals surface area contributed by atoms with Crippen LogP contribution in [0, 0.1) is 21.7 Å². The third kappa shape index (κ3) is 2.45. The van der Waals surface area contributed by atoms with E-state index in [1.54, 1.807) is 18.3 Å². The Morgan fingerprint density at radius 2 is 2.11 bits per heavy atom. The van der Waals surface area contributed by atoms with E-state index >= 15 is 0 Å². The highest BCUT2D eigenvalue weighted by Crippen LogP contribution is 2.25. The zero-order valence-corrected chi connectivity index (χ0v) is 9.11. The summed E-state index contributed by atoms with van der Waals surface area (Å²) < 4.78 is 26.5. The maximum atomic E-state index is 13.4. The molecule has 0 atom stereocenters. The van der Waals surface area contributed by atoms with Crippen molar-refractivity contribution in [1.82, 2.24) is 4.98 Å². The van der Waals surface area contributed by atoms with Crippen molar-refractivity contribution in [1.29, 1.82) is 0 Å². The zero-order chi connectivity index (χ0) is 13.1. The second-order valence-corrected chi connectivity index (χ2v) is 3.59. The van der Waals surface area contributed by atoms with Crippen molar-refractivity contribution >= 4 is 11.4 Å². The molecule has 1 aromatic heterocycles. The van der Waals surface area contributed by atoms with Crippen LogP contribution in [-0.2, 0) is 6.54 Å². The van der Waals surface area contributed by atoms with E-state index < -0.39 is 22.2 Å². The number of aromatic nitrogens is 1. The number of anilines is 1. The normalized spacial score (nSPS) is 10.3. The first-order valence-electron chi connectivity index (χ1n) is 5.07. The van der Waals surface area contributed by atoms with Crippen molar-refractivity contribution in [3.63, 3.8) is 0 Å². The molecule has 0 fully saturated rings. The molecular formula is C11H9F2N3O2. The van der Waals surface area contributed by atoms with Crippen LogP contribution < -0.4 is 5.32 Å². The molecule has 0 aliphatic heterocycles. The van der Waals surface area contributed by atoms with Gasteiger partial charge in [-0.3, -0.25) is 10.1 Å². The van der Waals surface area contributed by atoms with E-state index in [-0.39, 0.29) is 12.2 Å². The Bertz CT molecular complexity index is 570. The summed E-state index contributed by atoms with van der Waals surface area (Å²) in [4.78, 5) is 12.5. The van der Waals surface area contributed by atoms with Crippen LogP contribution in [0.4, 0.5) is 20.2 Å². The third-order valence-electron chi connectivity index (χ3n) is 2.36. The van der Waals surface area contributed by atoms with Gasteiger partial charge in [0.25, 0.3) is 0 Å². The number of nitrogens with zero attached hydrogens (tertiary/aromatic N) is 1. The maximum absolute atomic E-state index is 13.4.